The van der Waals surface area contributed by atoms with Crippen LogP contribution in [0, 0.1) is 0 Å². The molecular weight excluding hydrogens is 439 g/mol. The first-order valence-electron chi connectivity index (χ1n) is 11.0. The molecule has 0 saturated carbocycles. The molecule has 0 amide bonds. The van der Waals surface area contributed by atoms with Crippen molar-refractivity contribution in [2.24, 2.45) is 0 Å². The van der Waals surface area contributed by atoms with E-state index in [2.05, 4.69) is 44.7 Å². The van der Waals surface area contributed by atoms with Crippen molar-refractivity contribution < 1.29 is 18.9 Å². The van der Waals surface area contributed by atoms with Crippen LogP contribution in [-0.4, -0.2) is 31.2 Å². The van der Waals surface area contributed by atoms with Crippen LogP contribution in [0.3, 0.4) is 0 Å². The van der Waals surface area contributed by atoms with E-state index in [0.717, 1.165) is 54.1 Å². The monoisotopic (exact) mass is 466 g/mol. The van der Waals surface area contributed by atoms with E-state index in [1.165, 1.54) is 5.56 Å². The third kappa shape index (κ3) is 6.55. The molecule has 0 unspecified atom stereocenters. The highest BCUT2D eigenvalue weighted by molar-refractivity contribution is 7.51. The molecule has 172 valence electrons. The molecule has 0 fully saturated rings. The molecule has 0 spiro atoms. The van der Waals surface area contributed by atoms with Crippen LogP contribution >= 0.6 is 7.60 Å². The van der Waals surface area contributed by atoms with E-state index in [0.29, 0.717) is 18.3 Å². The Bertz CT molecular complexity index is 1240. The first kappa shape index (κ1) is 23.3. The molecular formula is C24H27N4O4P. The van der Waals surface area contributed by atoms with Crippen molar-refractivity contribution in [1.82, 2.24) is 20.4 Å². The molecule has 0 aliphatic rings. The van der Waals surface area contributed by atoms with Gasteiger partial charge in [-0.15, -0.1) is 0 Å². The number of rotatable bonds is 11. The molecule has 8 nitrogen and oxygen atoms in total. The molecule has 2 aromatic carbocycles. The number of hydrogen-bond acceptors (Lipinski definition) is 6. The summed E-state index contributed by atoms with van der Waals surface area (Å²) in [6.45, 7) is 0.291. The largest absolute Gasteiger partial charge is 0.339 e. The van der Waals surface area contributed by atoms with E-state index in [4.69, 9.17) is 14.3 Å². The van der Waals surface area contributed by atoms with Gasteiger partial charge in [0, 0.05) is 30.1 Å². The Morgan fingerprint density at radius 1 is 0.939 bits per heavy atom. The highest BCUT2D eigenvalue weighted by Gasteiger charge is 2.16. The van der Waals surface area contributed by atoms with Crippen molar-refractivity contribution in [2.45, 2.75) is 38.6 Å². The minimum absolute atomic E-state index is 0.291. The van der Waals surface area contributed by atoms with Crippen LogP contribution < -0.4 is 5.32 Å². The number of aromatic nitrogens is 3. The molecule has 0 bridgehead atoms. The number of fused-ring (bicyclic) bond motifs is 1. The fourth-order valence-corrected chi connectivity index (χ4v) is 4.20. The summed E-state index contributed by atoms with van der Waals surface area (Å²) in [5.41, 5.74) is 3.75. The van der Waals surface area contributed by atoms with Crippen LogP contribution in [0.4, 0.5) is 0 Å². The van der Waals surface area contributed by atoms with Crippen molar-refractivity contribution in [3.05, 3.63) is 77.8 Å². The Kier molecular flexibility index (Phi) is 7.62. The highest BCUT2D eigenvalue weighted by Crippen LogP contribution is 2.33. The predicted octanol–water partition coefficient (Wildman–Crippen LogP) is 4.47. The molecule has 9 heteroatoms. The zero-order valence-electron chi connectivity index (χ0n) is 18.2. The van der Waals surface area contributed by atoms with E-state index < -0.39 is 7.60 Å². The van der Waals surface area contributed by atoms with Crippen LogP contribution in [-0.2, 0) is 24.0 Å². The van der Waals surface area contributed by atoms with Gasteiger partial charge in [-0.1, -0.05) is 54.0 Å². The molecule has 0 radical (unpaired) electrons. The summed E-state index contributed by atoms with van der Waals surface area (Å²) in [5, 5.41) is 7.83. The standard InChI is InChI=1S/C24H27N4O4P/c29-33(30,31)17-25-16-19-13-14-21(20-11-7-15-26-23(19)20)24-27-22(32-28-24)12-6-2-5-10-18-8-3-1-4-9-18/h1,3-4,7-9,11,13-15,25H,2,5-6,10,12,16-17H2,(H2,29,30,31). The van der Waals surface area contributed by atoms with Gasteiger partial charge >= 0.3 is 7.60 Å². The summed E-state index contributed by atoms with van der Waals surface area (Å²) < 4.78 is 16.6. The quantitative estimate of drug-likeness (QED) is 0.219. The van der Waals surface area contributed by atoms with Crippen LogP contribution in [0.15, 0.2) is 65.3 Å². The number of pyridine rings is 1. The number of unbranched alkanes of at least 4 members (excludes halogenated alkanes) is 2. The van der Waals surface area contributed by atoms with Gasteiger partial charge in [0.1, 0.15) is 0 Å². The van der Waals surface area contributed by atoms with Crippen LogP contribution in [0.2, 0.25) is 0 Å². The Morgan fingerprint density at radius 2 is 1.76 bits per heavy atom. The smallest absolute Gasteiger partial charge is 0.339 e. The van der Waals surface area contributed by atoms with E-state index in [9.17, 15) is 4.57 Å². The van der Waals surface area contributed by atoms with E-state index in [1.54, 1.807) is 6.20 Å². The Balaban J connectivity index is 1.39. The molecule has 2 heterocycles. The lowest BCUT2D eigenvalue weighted by Gasteiger charge is -2.10. The summed E-state index contributed by atoms with van der Waals surface area (Å²) in [7, 11) is -4.11. The van der Waals surface area contributed by atoms with Crippen molar-refractivity contribution in [3.8, 4) is 11.4 Å². The van der Waals surface area contributed by atoms with Gasteiger partial charge in [-0.25, -0.2) is 0 Å². The second-order valence-corrected chi connectivity index (χ2v) is 9.62. The van der Waals surface area contributed by atoms with Gasteiger partial charge in [0.2, 0.25) is 11.7 Å². The number of aryl methyl sites for hydroxylation is 2. The molecule has 4 aromatic rings. The van der Waals surface area contributed by atoms with Crippen LogP contribution in [0.1, 0.15) is 36.3 Å². The number of hydrogen-bond donors (Lipinski definition) is 3. The van der Waals surface area contributed by atoms with Crippen LogP contribution in [0.5, 0.6) is 0 Å². The maximum Gasteiger partial charge on any atom is 0.339 e. The fraction of sp³-hybridized carbons (Fsp3) is 0.292. The van der Waals surface area contributed by atoms with E-state index >= 15 is 0 Å². The lowest BCUT2D eigenvalue weighted by atomic mass is 10.0. The topological polar surface area (TPSA) is 121 Å². The number of benzene rings is 2. The van der Waals surface area contributed by atoms with Gasteiger partial charge in [0.05, 0.1) is 11.8 Å². The SMILES string of the molecule is O=P(O)(O)CNCc1ccc(-c2noc(CCCCCc3ccccc3)n2)c2cccnc12. The fourth-order valence-electron chi connectivity index (χ4n) is 3.80. The molecule has 0 aliphatic carbocycles. The maximum atomic E-state index is 11.1. The summed E-state index contributed by atoms with van der Waals surface area (Å²) in [4.78, 5) is 27.2. The van der Waals surface area contributed by atoms with Gasteiger partial charge in [0.15, 0.2) is 0 Å². The Labute approximate surface area is 192 Å². The molecule has 0 aliphatic heterocycles. The van der Waals surface area contributed by atoms with Crippen molar-refractivity contribution in [3.63, 3.8) is 0 Å². The molecule has 2 aromatic heterocycles. The zero-order valence-corrected chi connectivity index (χ0v) is 19.1. The third-order valence-corrected chi connectivity index (χ3v) is 6.03. The molecule has 0 saturated heterocycles. The third-order valence-electron chi connectivity index (χ3n) is 5.39. The second-order valence-electron chi connectivity index (χ2n) is 7.98. The van der Waals surface area contributed by atoms with Gasteiger partial charge in [0.25, 0.3) is 0 Å². The van der Waals surface area contributed by atoms with E-state index in [-0.39, 0.29) is 6.29 Å². The van der Waals surface area contributed by atoms with E-state index in [1.807, 2.05) is 30.3 Å². The highest BCUT2D eigenvalue weighted by atomic mass is 31.2. The minimum atomic E-state index is -4.11. The lowest BCUT2D eigenvalue weighted by molar-refractivity contribution is 0.368. The van der Waals surface area contributed by atoms with Crippen LogP contribution in [0.25, 0.3) is 22.3 Å². The number of nitrogens with zero attached hydrogens (tertiary/aromatic N) is 3. The predicted molar refractivity (Wildman–Crippen MR) is 126 cm³/mol. The summed E-state index contributed by atoms with van der Waals surface area (Å²) >= 11 is 0. The molecule has 33 heavy (non-hydrogen) atoms. The minimum Gasteiger partial charge on any atom is -0.339 e. The van der Waals surface area contributed by atoms with Gasteiger partial charge < -0.3 is 19.6 Å². The average molecular weight is 466 g/mol. The first-order valence-corrected chi connectivity index (χ1v) is 12.8. The average Bonchev–Trinajstić information content (AvgIpc) is 3.27. The normalized spacial score (nSPS) is 11.8. The maximum absolute atomic E-state index is 11.1. The summed E-state index contributed by atoms with van der Waals surface area (Å²) in [5.74, 6) is 1.14. The first-order chi connectivity index (χ1) is 16.0. The molecule has 4 rings (SSSR count). The van der Waals surface area contributed by atoms with Gasteiger partial charge in [-0.3, -0.25) is 9.55 Å². The summed E-state index contributed by atoms with van der Waals surface area (Å²) in [6.07, 6.45) is 6.32. The van der Waals surface area contributed by atoms with Crippen molar-refractivity contribution in [2.75, 3.05) is 6.29 Å². The van der Waals surface area contributed by atoms with Crippen molar-refractivity contribution in [1.29, 1.82) is 0 Å². The second kappa shape index (κ2) is 10.8. The zero-order chi connectivity index (χ0) is 23.1. The molecule has 0 atom stereocenters. The Morgan fingerprint density at radius 3 is 2.58 bits per heavy atom. The van der Waals surface area contributed by atoms with Gasteiger partial charge in [-0.2, -0.15) is 4.98 Å². The lowest BCUT2D eigenvalue weighted by Crippen LogP contribution is -2.15. The Hall–Kier alpha value is -2.90. The number of nitrogens with one attached hydrogen (secondary N) is 1. The van der Waals surface area contributed by atoms with Crippen molar-refractivity contribution >= 4 is 18.5 Å². The van der Waals surface area contributed by atoms with Gasteiger partial charge in [-0.05, 0) is 42.5 Å². The summed E-state index contributed by atoms with van der Waals surface area (Å²) in [6, 6.07) is 18.0. The molecule has 3 N–H and O–H groups in total.